The van der Waals surface area contributed by atoms with Gasteiger partial charge in [0.05, 0.1) is 7.11 Å². The molecule has 2 aromatic carbocycles. The molecule has 2 heteroatoms. The van der Waals surface area contributed by atoms with Crippen molar-refractivity contribution in [2.45, 2.75) is 50.0 Å². The first-order valence-electron chi connectivity index (χ1n) is 10.1. The van der Waals surface area contributed by atoms with Crippen LogP contribution in [0.5, 0.6) is 5.75 Å². The highest BCUT2D eigenvalue weighted by Crippen LogP contribution is 2.61. The predicted molar refractivity (Wildman–Crippen MR) is 103 cm³/mol. The first-order valence-corrected chi connectivity index (χ1v) is 10.1. The second-order valence-electron chi connectivity index (χ2n) is 8.97. The molecule has 0 saturated heterocycles. The zero-order valence-electron chi connectivity index (χ0n) is 15.5. The van der Waals surface area contributed by atoms with Gasteiger partial charge in [-0.3, -0.25) is 0 Å². The summed E-state index contributed by atoms with van der Waals surface area (Å²) in [7, 11) is 1.78. The SMILES string of the molecule is COc1cc(C(O)c2ccccc2)ccc1C12CC3CC(CC(C3)C1)C2. The van der Waals surface area contributed by atoms with E-state index in [0.29, 0.717) is 5.41 Å². The van der Waals surface area contributed by atoms with E-state index in [0.717, 1.165) is 34.6 Å². The fourth-order valence-electron chi connectivity index (χ4n) is 6.58. The summed E-state index contributed by atoms with van der Waals surface area (Å²) in [5, 5.41) is 10.8. The number of hydrogen-bond donors (Lipinski definition) is 1. The highest BCUT2D eigenvalue weighted by atomic mass is 16.5. The maximum Gasteiger partial charge on any atom is 0.122 e. The number of ether oxygens (including phenoxy) is 1. The summed E-state index contributed by atoms with van der Waals surface area (Å²) in [6.45, 7) is 0. The quantitative estimate of drug-likeness (QED) is 0.818. The van der Waals surface area contributed by atoms with Crippen molar-refractivity contribution in [3.8, 4) is 5.75 Å². The predicted octanol–water partition coefficient (Wildman–Crippen LogP) is 5.24. The Bertz CT molecular complexity index is 760. The van der Waals surface area contributed by atoms with E-state index in [-0.39, 0.29) is 0 Å². The van der Waals surface area contributed by atoms with Crippen molar-refractivity contribution in [3.63, 3.8) is 0 Å². The average molecular weight is 348 g/mol. The molecule has 0 aromatic heterocycles. The van der Waals surface area contributed by atoms with Crippen LogP contribution in [0, 0.1) is 17.8 Å². The van der Waals surface area contributed by atoms with Gasteiger partial charge in [0.1, 0.15) is 11.9 Å². The Morgan fingerprint density at radius 3 is 2.08 bits per heavy atom. The van der Waals surface area contributed by atoms with Crippen LogP contribution in [-0.2, 0) is 5.41 Å². The lowest BCUT2D eigenvalue weighted by Crippen LogP contribution is -2.48. The zero-order chi connectivity index (χ0) is 17.7. The van der Waals surface area contributed by atoms with Crippen LogP contribution < -0.4 is 4.74 Å². The molecule has 0 spiro atoms. The number of methoxy groups -OCH3 is 1. The summed E-state index contributed by atoms with van der Waals surface area (Å²) in [4.78, 5) is 0. The molecule has 6 rings (SSSR count). The summed E-state index contributed by atoms with van der Waals surface area (Å²) in [6, 6.07) is 16.3. The minimum Gasteiger partial charge on any atom is -0.496 e. The Kier molecular flexibility index (Phi) is 3.86. The van der Waals surface area contributed by atoms with Crippen molar-refractivity contribution < 1.29 is 9.84 Å². The first kappa shape index (κ1) is 16.4. The third kappa shape index (κ3) is 2.58. The summed E-state index contributed by atoms with van der Waals surface area (Å²) >= 11 is 0. The van der Waals surface area contributed by atoms with E-state index in [1.807, 2.05) is 30.3 Å². The number of benzene rings is 2. The van der Waals surface area contributed by atoms with Crippen molar-refractivity contribution in [1.82, 2.24) is 0 Å². The molecule has 136 valence electrons. The Labute approximate surface area is 156 Å². The largest absolute Gasteiger partial charge is 0.496 e. The van der Waals surface area contributed by atoms with Gasteiger partial charge in [-0.15, -0.1) is 0 Å². The van der Waals surface area contributed by atoms with Crippen LogP contribution >= 0.6 is 0 Å². The normalized spacial score (nSPS) is 33.2. The topological polar surface area (TPSA) is 29.5 Å². The van der Waals surface area contributed by atoms with Gasteiger partial charge in [0.2, 0.25) is 0 Å². The number of aliphatic hydroxyl groups excluding tert-OH is 1. The number of hydrogen-bond acceptors (Lipinski definition) is 2. The molecule has 4 fully saturated rings. The Morgan fingerprint density at radius 2 is 1.50 bits per heavy atom. The average Bonchev–Trinajstić information content (AvgIpc) is 2.66. The molecular weight excluding hydrogens is 320 g/mol. The molecule has 4 saturated carbocycles. The monoisotopic (exact) mass is 348 g/mol. The molecule has 2 nitrogen and oxygen atoms in total. The van der Waals surface area contributed by atoms with Gasteiger partial charge in [-0.25, -0.2) is 0 Å². The minimum atomic E-state index is -0.601. The van der Waals surface area contributed by atoms with E-state index in [2.05, 4.69) is 18.2 Å². The lowest BCUT2D eigenvalue weighted by Gasteiger charge is -2.57. The summed E-state index contributed by atoms with van der Waals surface area (Å²) < 4.78 is 5.85. The van der Waals surface area contributed by atoms with Crippen molar-refractivity contribution in [1.29, 1.82) is 0 Å². The van der Waals surface area contributed by atoms with E-state index >= 15 is 0 Å². The molecule has 0 heterocycles. The van der Waals surface area contributed by atoms with Crippen LogP contribution in [0.25, 0.3) is 0 Å². The summed E-state index contributed by atoms with van der Waals surface area (Å²) in [6.07, 6.45) is 7.74. The van der Waals surface area contributed by atoms with Crippen LogP contribution in [0.15, 0.2) is 48.5 Å². The van der Waals surface area contributed by atoms with E-state index in [1.54, 1.807) is 7.11 Å². The van der Waals surface area contributed by atoms with Crippen molar-refractivity contribution in [2.75, 3.05) is 7.11 Å². The number of rotatable bonds is 4. The molecule has 4 aliphatic rings. The van der Waals surface area contributed by atoms with Gasteiger partial charge in [0, 0.05) is 5.56 Å². The standard InChI is InChI=1S/C24H28O2/c1-26-22-12-20(23(25)19-5-3-2-4-6-19)7-8-21(22)24-13-16-9-17(14-24)11-18(10-16)15-24/h2-8,12,16-18,23,25H,9-11,13-15H2,1H3. The number of aliphatic hydroxyl groups is 1. The highest BCUT2D eigenvalue weighted by Gasteiger charge is 2.52. The molecule has 0 aliphatic heterocycles. The smallest absolute Gasteiger partial charge is 0.122 e. The van der Waals surface area contributed by atoms with Crippen LogP contribution in [-0.4, -0.2) is 12.2 Å². The lowest BCUT2D eigenvalue weighted by atomic mass is 9.48. The second-order valence-corrected chi connectivity index (χ2v) is 8.97. The highest BCUT2D eigenvalue weighted by molar-refractivity contribution is 5.46. The van der Waals surface area contributed by atoms with E-state index in [4.69, 9.17) is 4.74 Å². The Morgan fingerprint density at radius 1 is 0.885 bits per heavy atom. The van der Waals surface area contributed by atoms with Gasteiger partial charge in [0.15, 0.2) is 0 Å². The van der Waals surface area contributed by atoms with Crippen LogP contribution in [0.1, 0.15) is 61.3 Å². The van der Waals surface area contributed by atoms with Gasteiger partial charge in [-0.1, -0.05) is 42.5 Å². The zero-order valence-corrected chi connectivity index (χ0v) is 15.5. The van der Waals surface area contributed by atoms with Gasteiger partial charge in [0.25, 0.3) is 0 Å². The third-order valence-corrected chi connectivity index (χ3v) is 7.27. The van der Waals surface area contributed by atoms with Gasteiger partial charge < -0.3 is 9.84 Å². The molecule has 0 radical (unpaired) electrons. The van der Waals surface area contributed by atoms with E-state index < -0.39 is 6.10 Å². The second kappa shape index (κ2) is 6.13. The van der Waals surface area contributed by atoms with Crippen molar-refractivity contribution >= 4 is 0 Å². The maximum atomic E-state index is 10.8. The van der Waals surface area contributed by atoms with Crippen molar-refractivity contribution in [2.24, 2.45) is 17.8 Å². The van der Waals surface area contributed by atoms with Crippen LogP contribution in [0.3, 0.4) is 0 Å². The molecule has 1 atom stereocenters. The van der Waals surface area contributed by atoms with Gasteiger partial charge in [-0.05, 0) is 78.9 Å². The summed E-state index contributed by atoms with van der Waals surface area (Å²) in [5.74, 6) is 3.72. The van der Waals surface area contributed by atoms with Crippen molar-refractivity contribution in [3.05, 3.63) is 65.2 Å². The van der Waals surface area contributed by atoms with Gasteiger partial charge >= 0.3 is 0 Å². The van der Waals surface area contributed by atoms with Crippen LogP contribution in [0.4, 0.5) is 0 Å². The summed E-state index contributed by atoms with van der Waals surface area (Å²) in [5.41, 5.74) is 3.55. The van der Waals surface area contributed by atoms with Crippen LogP contribution in [0.2, 0.25) is 0 Å². The minimum absolute atomic E-state index is 0.316. The molecule has 1 unspecified atom stereocenters. The first-order chi connectivity index (χ1) is 12.7. The maximum absolute atomic E-state index is 10.8. The molecule has 4 bridgehead atoms. The molecular formula is C24H28O2. The molecule has 2 aromatic rings. The lowest BCUT2D eigenvalue weighted by molar-refractivity contribution is -0.00618. The molecule has 4 aliphatic carbocycles. The Balaban J connectivity index is 1.51. The third-order valence-electron chi connectivity index (χ3n) is 7.27. The van der Waals surface area contributed by atoms with Gasteiger partial charge in [-0.2, -0.15) is 0 Å². The fourth-order valence-corrected chi connectivity index (χ4v) is 6.58. The molecule has 1 N–H and O–H groups in total. The van der Waals surface area contributed by atoms with E-state index in [1.165, 1.54) is 44.1 Å². The molecule has 26 heavy (non-hydrogen) atoms. The fraction of sp³-hybridized carbons (Fsp3) is 0.500. The Hall–Kier alpha value is -1.80. The van der Waals surface area contributed by atoms with E-state index in [9.17, 15) is 5.11 Å². The molecule has 0 amide bonds.